The summed E-state index contributed by atoms with van der Waals surface area (Å²) in [6.07, 6.45) is 12.4. The highest BCUT2D eigenvalue weighted by molar-refractivity contribution is 5.78. The number of carbonyl (C=O) groups is 1. The summed E-state index contributed by atoms with van der Waals surface area (Å²) in [5.74, 6) is 0.166. The molecule has 1 atom stereocenters. The van der Waals surface area contributed by atoms with E-state index in [9.17, 15) is 4.79 Å². The van der Waals surface area contributed by atoms with E-state index in [1.54, 1.807) is 0 Å². The Balaban J connectivity index is 1.49. The van der Waals surface area contributed by atoms with Crippen LogP contribution in [0.5, 0.6) is 0 Å². The van der Waals surface area contributed by atoms with Crippen molar-refractivity contribution in [3.05, 3.63) is 18.5 Å². The van der Waals surface area contributed by atoms with E-state index in [4.69, 9.17) is 0 Å². The van der Waals surface area contributed by atoms with Gasteiger partial charge in [-0.25, -0.2) is 0 Å². The fraction of sp³-hybridized carbons (Fsp3) is 0.789. The van der Waals surface area contributed by atoms with Crippen molar-refractivity contribution in [2.45, 2.75) is 63.1 Å². The number of rotatable bonds is 7. The Kier molecular flexibility index (Phi) is 6.12. The van der Waals surface area contributed by atoms with Gasteiger partial charge in [0.15, 0.2) is 0 Å². The first-order chi connectivity index (χ1) is 12.1. The van der Waals surface area contributed by atoms with Crippen LogP contribution in [0.1, 0.15) is 44.9 Å². The first-order valence-corrected chi connectivity index (χ1v) is 9.75. The summed E-state index contributed by atoms with van der Waals surface area (Å²) in [5.41, 5.74) is 0.146. The number of likely N-dealkylation sites (tertiary alicyclic amines) is 1. The zero-order valence-electron chi connectivity index (χ0n) is 15.8. The third kappa shape index (κ3) is 4.61. The Hall–Kier alpha value is -1.40. The van der Waals surface area contributed by atoms with E-state index in [2.05, 4.69) is 34.3 Å². The van der Waals surface area contributed by atoms with Gasteiger partial charge in [-0.1, -0.05) is 19.3 Å². The molecule has 1 amide bonds. The molecule has 2 fully saturated rings. The highest BCUT2D eigenvalue weighted by Crippen LogP contribution is 2.31. The minimum absolute atomic E-state index is 0.146. The summed E-state index contributed by atoms with van der Waals surface area (Å²) in [5, 5.41) is 7.54. The van der Waals surface area contributed by atoms with E-state index >= 15 is 0 Å². The predicted octanol–water partition coefficient (Wildman–Crippen LogP) is 1.73. The summed E-state index contributed by atoms with van der Waals surface area (Å²) in [6.45, 7) is 3.17. The average molecular weight is 348 g/mol. The second-order valence-corrected chi connectivity index (χ2v) is 7.95. The molecule has 1 aromatic heterocycles. The number of nitrogens with zero attached hydrogens (tertiary/aromatic N) is 4. The molecular weight excluding hydrogens is 314 g/mol. The SMILES string of the molecule is CN(C)C1(CNC(=O)CN2CCC[C@H]2Cn2cccn2)CCCCC1. The number of hydrogen-bond acceptors (Lipinski definition) is 4. The second kappa shape index (κ2) is 8.32. The number of hydrogen-bond donors (Lipinski definition) is 1. The summed E-state index contributed by atoms with van der Waals surface area (Å²) in [7, 11) is 4.30. The van der Waals surface area contributed by atoms with Gasteiger partial charge in [-0.05, 0) is 52.4 Å². The maximum absolute atomic E-state index is 12.6. The summed E-state index contributed by atoms with van der Waals surface area (Å²) < 4.78 is 1.98. The van der Waals surface area contributed by atoms with Crippen LogP contribution >= 0.6 is 0 Å². The summed E-state index contributed by atoms with van der Waals surface area (Å²) in [4.78, 5) is 17.2. The monoisotopic (exact) mass is 347 g/mol. The van der Waals surface area contributed by atoms with Gasteiger partial charge in [0.05, 0.1) is 13.1 Å². The molecule has 0 unspecified atom stereocenters. The third-order valence-electron chi connectivity index (χ3n) is 6.15. The number of likely N-dealkylation sites (N-methyl/N-ethyl adjacent to an activating group) is 1. The molecule has 1 saturated carbocycles. The first kappa shape index (κ1) is 18.4. The van der Waals surface area contributed by atoms with E-state index < -0.39 is 0 Å². The van der Waals surface area contributed by atoms with Gasteiger partial charge < -0.3 is 10.2 Å². The molecule has 1 aliphatic carbocycles. The minimum atomic E-state index is 0.146. The van der Waals surface area contributed by atoms with Crippen molar-refractivity contribution in [1.82, 2.24) is 24.9 Å². The van der Waals surface area contributed by atoms with Gasteiger partial charge >= 0.3 is 0 Å². The largest absolute Gasteiger partial charge is 0.353 e. The van der Waals surface area contributed by atoms with Gasteiger partial charge in [-0.15, -0.1) is 0 Å². The Bertz CT molecular complexity index is 536. The molecular formula is C19H33N5O. The van der Waals surface area contributed by atoms with Gasteiger partial charge in [-0.3, -0.25) is 14.4 Å². The van der Waals surface area contributed by atoms with E-state index in [1.165, 1.54) is 38.5 Å². The molecule has 6 heteroatoms. The Morgan fingerprint density at radius 1 is 1.28 bits per heavy atom. The lowest BCUT2D eigenvalue weighted by atomic mass is 9.80. The highest BCUT2D eigenvalue weighted by Gasteiger charge is 2.35. The van der Waals surface area contributed by atoms with Crippen molar-refractivity contribution in [3.8, 4) is 0 Å². The maximum atomic E-state index is 12.6. The molecule has 6 nitrogen and oxygen atoms in total. The molecule has 0 aromatic carbocycles. The Morgan fingerprint density at radius 3 is 2.76 bits per heavy atom. The highest BCUT2D eigenvalue weighted by atomic mass is 16.2. The van der Waals surface area contributed by atoms with Crippen molar-refractivity contribution in [2.75, 3.05) is 33.7 Å². The zero-order chi connectivity index (χ0) is 17.7. The standard InChI is InChI=1S/C19H33N5O/c1-22(2)19(9-4-3-5-10-19)16-20-18(25)15-23-12-6-8-17(23)14-24-13-7-11-21-24/h7,11,13,17H,3-6,8-10,12,14-16H2,1-2H3,(H,20,25)/t17-/m0/s1. The smallest absolute Gasteiger partial charge is 0.234 e. The molecule has 1 saturated heterocycles. The van der Waals surface area contributed by atoms with Gasteiger partial charge in [0.2, 0.25) is 5.91 Å². The van der Waals surface area contributed by atoms with Crippen molar-refractivity contribution in [1.29, 1.82) is 0 Å². The number of nitrogens with one attached hydrogen (secondary N) is 1. The van der Waals surface area contributed by atoms with Crippen LogP contribution in [-0.2, 0) is 11.3 Å². The van der Waals surface area contributed by atoms with Crippen LogP contribution in [0.2, 0.25) is 0 Å². The second-order valence-electron chi connectivity index (χ2n) is 7.95. The third-order valence-corrected chi connectivity index (χ3v) is 6.15. The van der Waals surface area contributed by atoms with E-state index in [0.29, 0.717) is 12.6 Å². The molecule has 25 heavy (non-hydrogen) atoms. The molecule has 2 aliphatic rings. The molecule has 1 aromatic rings. The average Bonchev–Trinajstić information content (AvgIpc) is 3.27. The lowest BCUT2D eigenvalue weighted by Gasteiger charge is -2.43. The molecule has 0 radical (unpaired) electrons. The van der Waals surface area contributed by atoms with Crippen LogP contribution in [0.4, 0.5) is 0 Å². The van der Waals surface area contributed by atoms with Crippen molar-refractivity contribution in [3.63, 3.8) is 0 Å². The van der Waals surface area contributed by atoms with Gasteiger partial charge in [-0.2, -0.15) is 5.10 Å². The van der Waals surface area contributed by atoms with Gasteiger partial charge in [0.1, 0.15) is 0 Å². The normalized spacial score (nSPS) is 23.9. The van der Waals surface area contributed by atoms with Crippen LogP contribution in [0.3, 0.4) is 0 Å². The van der Waals surface area contributed by atoms with E-state index in [1.807, 2.05) is 23.1 Å². The van der Waals surface area contributed by atoms with Crippen molar-refractivity contribution >= 4 is 5.91 Å². The molecule has 2 heterocycles. The van der Waals surface area contributed by atoms with Crippen LogP contribution in [-0.4, -0.2) is 70.8 Å². The predicted molar refractivity (Wildman–Crippen MR) is 99.3 cm³/mol. The lowest BCUT2D eigenvalue weighted by molar-refractivity contribution is -0.123. The van der Waals surface area contributed by atoms with Crippen LogP contribution in [0.25, 0.3) is 0 Å². The summed E-state index contributed by atoms with van der Waals surface area (Å²) >= 11 is 0. The molecule has 0 spiro atoms. The van der Waals surface area contributed by atoms with Crippen LogP contribution in [0, 0.1) is 0 Å². The fourth-order valence-electron chi connectivity index (χ4n) is 4.43. The van der Waals surface area contributed by atoms with Crippen LogP contribution in [0.15, 0.2) is 18.5 Å². The molecule has 3 rings (SSSR count). The van der Waals surface area contributed by atoms with Gasteiger partial charge in [0, 0.05) is 30.5 Å². The quantitative estimate of drug-likeness (QED) is 0.816. The molecule has 1 aliphatic heterocycles. The Morgan fingerprint density at radius 2 is 2.08 bits per heavy atom. The number of amides is 1. The molecule has 1 N–H and O–H groups in total. The maximum Gasteiger partial charge on any atom is 0.234 e. The Labute approximate surface area is 151 Å². The topological polar surface area (TPSA) is 53.4 Å². The first-order valence-electron chi connectivity index (χ1n) is 9.75. The van der Waals surface area contributed by atoms with Crippen LogP contribution < -0.4 is 5.32 Å². The minimum Gasteiger partial charge on any atom is -0.353 e. The summed E-state index contributed by atoms with van der Waals surface area (Å²) in [6, 6.07) is 2.37. The molecule has 0 bridgehead atoms. The fourth-order valence-corrected chi connectivity index (χ4v) is 4.43. The lowest BCUT2D eigenvalue weighted by Crippen LogP contribution is -2.55. The number of aromatic nitrogens is 2. The molecule has 140 valence electrons. The number of carbonyl (C=O) groups excluding carboxylic acids is 1. The van der Waals surface area contributed by atoms with Crippen molar-refractivity contribution in [2.24, 2.45) is 0 Å². The van der Waals surface area contributed by atoms with E-state index in [-0.39, 0.29) is 11.4 Å². The van der Waals surface area contributed by atoms with Crippen molar-refractivity contribution < 1.29 is 4.79 Å². The van der Waals surface area contributed by atoms with Gasteiger partial charge in [0.25, 0.3) is 0 Å². The van der Waals surface area contributed by atoms with E-state index in [0.717, 1.165) is 26.1 Å². The zero-order valence-corrected chi connectivity index (χ0v) is 15.8.